The lowest BCUT2D eigenvalue weighted by molar-refractivity contribution is -0.115. The van der Waals surface area contributed by atoms with Crippen molar-refractivity contribution in [3.63, 3.8) is 0 Å². The summed E-state index contributed by atoms with van der Waals surface area (Å²) in [6.45, 7) is 1.90. The Kier molecular flexibility index (Phi) is 5.61. The fourth-order valence-electron chi connectivity index (χ4n) is 3.67. The number of aromatic nitrogens is 6. The van der Waals surface area contributed by atoms with Crippen molar-refractivity contribution < 1.29 is 13.2 Å². The second-order valence-corrected chi connectivity index (χ2v) is 10.1. The van der Waals surface area contributed by atoms with Crippen molar-refractivity contribution in [1.29, 1.82) is 0 Å². The van der Waals surface area contributed by atoms with E-state index in [1.54, 1.807) is 21.3 Å². The largest absolute Gasteiger partial charge is 0.326 e. The van der Waals surface area contributed by atoms with Crippen molar-refractivity contribution in [2.45, 2.75) is 18.2 Å². The smallest absolute Gasteiger partial charge is 0.230 e. The lowest BCUT2D eigenvalue weighted by Crippen LogP contribution is -2.15. The zero-order chi connectivity index (χ0) is 24.6. The number of amides is 1. The van der Waals surface area contributed by atoms with Gasteiger partial charge in [-0.25, -0.2) is 27.6 Å². The number of carbonyl (C=O) groups excluding carboxylic acids is 1. The molecule has 0 radical (unpaired) electrons. The summed E-state index contributed by atoms with van der Waals surface area (Å²) >= 11 is 0. The second-order valence-electron chi connectivity index (χ2n) is 8.07. The van der Waals surface area contributed by atoms with Crippen LogP contribution in [0.25, 0.3) is 22.7 Å². The Morgan fingerprint density at radius 1 is 1.06 bits per heavy atom. The van der Waals surface area contributed by atoms with Crippen LogP contribution >= 0.6 is 0 Å². The first-order valence-corrected chi connectivity index (χ1v) is 12.6. The molecule has 4 aromatic heterocycles. The van der Waals surface area contributed by atoms with E-state index in [0.717, 1.165) is 28.9 Å². The van der Waals surface area contributed by atoms with Crippen LogP contribution in [0.15, 0.2) is 78.1 Å². The molecule has 0 aliphatic carbocycles. The first-order chi connectivity index (χ1) is 16.8. The van der Waals surface area contributed by atoms with Crippen LogP contribution in [0, 0.1) is 6.92 Å². The molecular formula is C24H21N7O3S. The third kappa shape index (κ3) is 4.80. The number of anilines is 1. The maximum atomic E-state index is 12.7. The van der Waals surface area contributed by atoms with Crippen LogP contribution in [0.5, 0.6) is 0 Å². The van der Waals surface area contributed by atoms with E-state index in [1.807, 2.05) is 49.5 Å². The minimum Gasteiger partial charge on any atom is -0.326 e. The average Bonchev–Trinajstić information content (AvgIpc) is 3.45. The van der Waals surface area contributed by atoms with Crippen LogP contribution < -0.4 is 5.32 Å². The molecule has 1 aromatic carbocycles. The van der Waals surface area contributed by atoms with E-state index < -0.39 is 9.84 Å². The number of rotatable bonds is 6. The number of nitrogens with zero attached hydrogens (tertiary/aromatic N) is 6. The molecule has 10 nitrogen and oxygen atoms in total. The molecule has 0 spiro atoms. The summed E-state index contributed by atoms with van der Waals surface area (Å²) in [6, 6.07) is 17.3. The van der Waals surface area contributed by atoms with Crippen LogP contribution in [0.4, 0.5) is 5.69 Å². The van der Waals surface area contributed by atoms with Gasteiger partial charge in [-0.3, -0.25) is 4.79 Å². The Morgan fingerprint density at radius 3 is 2.60 bits per heavy atom. The molecule has 0 atom stereocenters. The summed E-state index contributed by atoms with van der Waals surface area (Å²) in [5.41, 5.74) is 4.19. The van der Waals surface area contributed by atoms with Gasteiger partial charge in [-0.05, 0) is 61.5 Å². The summed E-state index contributed by atoms with van der Waals surface area (Å²) in [5, 5.41) is 11.7. The SMILES string of the molecule is Cc1cccc(-n2nc(CC(=O)Nc3ccc(S(C)(=O)=O)cc3)cc2-c2ccc3ncnn3c2)n1. The van der Waals surface area contributed by atoms with Gasteiger partial charge in [0.05, 0.1) is 22.7 Å². The maximum absolute atomic E-state index is 12.7. The maximum Gasteiger partial charge on any atom is 0.230 e. The molecule has 4 heterocycles. The predicted octanol–water partition coefficient (Wildman–Crippen LogP) is 2.87. The molecule has 0 saturated heterocycles. The first kappa shape index (κ1) is 22.4. The molecular weight excluding hydrogens is 466 g/mol. The highest BCUT2D eigenvalue weighted by atomic mass is 32.2. The van der Waals surface area contributed by atoms with Crippen LogP contribution in [0.1, 0.15) is 11.4 Å². The molecule has 1 amide bonds. The number of aryl methyl sites for hydroxylation is 1. The summed E-state index contributed by atoms with van der Waals surface area (Å²) in [5.74, 6) is 0.346. The molecule has 5 aromatic rings. The average molecular weight is 488 g/mol. The highest BCUT2D eigenvalue weighted by Crippen LogP contribution is 2.24. The molecule has 35 heavy (non-hydrogen) atoms. The number of hydrogen-bond donors (Lipinski definition) is 1. The fraction of sp³-hybridized carbons (Fsp3) is 0.125. The van der Waals surface area contributed by atoms with E-state index in [4.69, 9.17) is 0 Å². The Labute approximate surface area is 201 Å². The summed E-state index contributed by atoms with van der Waals surface area (Å²) < 4.78 is 26.7. The third-order valence-corrected chi connectivity index (χ3v) is 6.46. The molecule has 0 bridgehead atoms. The van der Waals surface area contributed by atoms with E-state index >= 15 is 0 Å². The van der Waals surface area contributed by atoms with Crippen LogP contribution in [0.2, 0.25) is 0 Å². The summed E-state index contributed by atoms with van der Waals surface area (Å²) in [6.07, 6.45) is 4.49. The Balaban J connectivity index is 1.45. The molecule has 176 valence electrons. The first-order valence-electron chi connectivity index (χ1n) is 10.7. The lowest BCUT2D eigenvalue weighted by Gasteiger charge is -2.07. The quantitative estimate of drug-likeness (QED) is 0.390. The zero-order valence-corrected chi connectivity index (χ0v) is 19.8. The fourth-order valence-corrected chi connectivity index (χ4v) is 4.30. The van der Waals surface area contributed by atoms with Gasteiger partial charge >= 0.3 is 0 Å². The van der Waals surface area contributed by atoms with Gasteiger partial charge in [0, 0.05) is 29.4 Å². The summed E-state index contributed by atoms with van der Waals surface area (Å²) in [4.78, 5) is 21.7. The minimum atomic E-state index is -3.31. The molecule has 0 aliphatic rings. The van der Waals surface area contributed by atoms with E-state index in [1.165, 1.54) is 18.5 Å². The number of benzene rings is 1. The standard InChI is InChI=1S/C24H21N7O3S/c1-16-4-3-5-23(27-16)31-21(17-6-11-22-25-15-26-30(22)14-17)12-19(29-31)13-24(32)28-18-7-9-20(10-8-18)35(2,33)34/h3-12,14-15H,13H2,1-2H3,(H,28,32). The zero-order valence-electron chi connectivity index (χ0n) is 19.0. The topological polar surface area (TPSA) is 124 Å². The normalized spacial score (nSPS) is 11.6. The van der Waals surface area contributed by atoms with Gasteiger partial charge in [0.25, 0.3) is 0 Å². The molecule has 5 rings (SSSR count). The minimum absolute atomic E-state index is 0.0191. The van der Waals surface area contributed by atoms with E-state index in [2.05, 4.69) is 25.5 Å². The highest BCUT2D eigenvalue weighted by Gasteiger charge is 2.16. The van der Waals surface area contributed by atoms with Crippen molar-refractivity contribution in [1.82, 2.24) is 29.4 Å². The molecule has 1 N–H and O–H groups in total. The molecule has 11 heteroatoms. The third-order valence-electron chi connectivity index (χ3n) is 5.33. The molecule has 0 unspecified atom stereocenters. The van der Waals surface area contributed by atoms with Crippen molar-refractivity contribution in [2.24, 2.45) is 0 Å². The van der Waals surface area contributed by atoms with E-state index in [0.29, 0.717) is 17.2 Å². The Hall–Kier alpha value is -4.38. The van der Waals surface area contributed by atoms with Gasteiger partial charge in [-0.2, -0.15) is 10.2 Å². The predicted molar refractivity (Wildman–Crippen MR) is 130 cm³/mol. The van der Waals surface area contributed by atoms with Crippen molar-refractivity contribution >= 4 is 27.1 Å². The van der Waals surface area contributed by atoms with Gasteiger partial charge < -0.3 is 5.32 Å². The van der Waals surface area contributed by atoms with Gasteiger partial charge in [0.1, 0.15) is 6.33 Å². The number of hydrogen-bond acceptors (Lipinski definition) is 7. The Morgan fingerprint density at radius 2 is 1.86 bits per heavy atom. The Bertz CT molecular complexity index is 1650. The van der Waals surface area contributed by atoms with Gasteiger partial charge in [0.15, 0.2) is 21.3 Å². The molecule has 0 fully saturated rings. The highest BCUT2D eigenvalue weighted by molar-refractivity contribution is 7.90. The van der Waals surface area contributed by atoms with Crippen LogP contribution in [0.3, 0.4) is 0 Å². The number of pyridine rings is 2. The van der Waals surface area contributed by atoms with Crippen molar-refractivity contribution in [3.05, 3.63) is 84.6 Å². The molecule has 0 aliphatic heterocycles. The molecule has 0 saturated carbocycles. The van der Waals surface area contributed by atoms with Gasteiger partial charge in [0.2, 0.25) is 5.91 Å². The van der Waals surface area contributed by atoms with Crippen molar-refractivity contribution in [3.8, 4) is 17.1 Å². The number of sulfone groups is 1. The van der Waals surface area contributed by atoms with Crippen LogP contribution in [-0.2, 0) is 21.1 Å². The van der Waals surface area contributed by atoms with Crippen molar-refractivity contribution in [2.75, 3.05) is 11.6 Å². The van der Waals surface area contributed by atoms with Crippen LogP contribution in [-0.4, -0.2) is 49.9 Å². The van der Waals surface area contributed by atoms with E-state index in [-0.39, 0.29) is 17.2 Å². The lowest BCUT2D eigenvalue weighted by atomic mass is 10.1. The van der Waals surface area contributed by atoms with Gasteiger partial charge in [-0.15, -0.1) is 0 Å². The summed E-state index contributed by atoms with van der Waals surface area (Å²) in [7, 11) is -3.31. The van der Waals surface area contributed by atoms with E-state index in [9.17, 15) is 13.2 Å². The number of fused-ring (bicyclic) bond motifs is 1. The monoisotopic (exact) mass is 487 g/mol. The second kappa shape index (κ2) is 8.76. The van der Waals surface area contributed by atoms with Gasteiger partial charge in [-0.1, -0.05) is 6.07 Å². The number of nitrogens with one attached hydrogen (secondary N) is 1. The number of carbonyl (C=O) groups is 1.